The van der Waals surface area contributed by atoms with Crippen LogP contribution in [0.1, 0.15) is 58.8 Å². The van der Waals surface area contributed by atoms with Gasteiger partial charge in [-0.1, -0.05) is 31.8 Å². The minimum atomic E-state index is -0.211. The van der Waals surface area contributed by atoms with Gasteiger partial charge < -0.3 is 15.8 Å². The Kier molecular flexibility index (Phi) is 4.71. The third-order valence-corrected chi connectivity index (χ3v) is 5.18. The van der Waals surface area contributed by atoms with Crippen LogP contribution in [-0.2, 0) is 0 Å². The van der Waals surface area contributed by atoms with Crippen molar-refractivity contribution in [2.75, 3.05) is 13.1 Å². The number of nitrogens with two attached hydrogens (primary N) is 1. The summed E-state index contributed by atoms with van der Waals surface area (Å²) in [6.45, 7) is 6.42. The number of hydrogen-bond donors (Lipinski definition) is 2. The van der Waals surface area contributed by atoms with E-state index in [1.807, 2.05) is 0 Å². The lowest BCUT2D eigenvalue weighted by molar-refractivity contribution is 0.175. The Morgan fingerprint density at radius 1 is 1.26 bits per heavy atom. The molecule has 1 aliphatic heterocycles. The molecule has 4 nitrogen and oxygen atoms in total. The highest BCUT2D eigenvalue weighted by Gasteiger charge is 2.34. The highest BCUT2D eigenvalue weighted by atomic mass is 16.4. The first kappa shape index (κ1) is 14.6. The fourth-order valence-corrected chi connectivity index (χ4v) is 3.69. The van der Waals surface area contributed by atoms with E-state index in [1.54, 1.807) is 0 Å². The lowest BCUT2D eigenvalue weighted by Crippen LogP contribution is -2.40. The van der Waals surface area contributed by atoms with Crippen molar-refractivity contribution in [3.8, 4) is 0 Å². The summed E-state index contributed by atoms with van der Waals surface area (Å²) >= 11 is 0. The Balaban J connectivity index is 1.87. The van der Waals surface area contributed by atoms with Gasteiger partial charge in [-0.15, -0.1) is 0 Å². The molecule has 4 heteroatoms. The first-order valence-electron chi connectivity index (χ1n) is 7.76. The van der Waals surface area contributed by atoms with Crippen molar-refractivity contribution in [2.45, 2.75) is 64.8 Å². The molecule has 1 atom stereocenters. The zero-order valence-electron chi connectivity index (χ0n) is 12.4. The smallest absolute Gasteiger partial charge is 0.144 e. The molecular weight excluding hydrogens is 238 g/mol. The number of hydrogen-bond acceptors (Lipinski definition) is 3. The minimum Gasteiger partial charge on any atom is -0.409 e. The molecule has 0 radical (unpaired) electrons. The Morgan fingerprint density at radius 3 is 2.58 bits per heavy atom. The first-order chi connectivity index (χ1) is 9.04. The van der Waals surface area contributed by atoms with E-state index in [0.717, 1.165) is 24.9 Å². The van der Waals surface area contributed by atoms with E-state index in [0.29, 0.717) is 5.84 Å². The van der Waals surface area contributed by atoms with Crippen LogP contribution in [0.15, 0.2) is 5.16 Å². The van der Waals surface area contributed by atoms with Gasteiger partial charge in [-0.25, -0.2) is 0 Å². The van der Waals surface area contributed by atoms with E-state index in [-0.39, 0.29) is 5.41 Å². The molecule has 1 saturated carbocycles. The van der Waals surface area contributed by atoms with Crippen molar-refractivity contribution >= 4 is 5.84 Å². The van der Waals surface area contributed by atoms with E-state index in [4.69, 9.17) is 10.9 Å². The SMILES string of the molecule is CC(C)(CCN1CCCC1C1CCCC1)C(N)=NO. The van der Waals surface area contributed by atoms with Crippen LogP contribution < -0.4 is 5.73 Å². The Morgan fingerprint density at radius 2 is 1.95 bits per heavy atom. The Labute approximate surface area is 117 Å². The van der Waals surface area contributed by atoms with Gasteiger partial charge in [-0.3, -0.25) is 0 Å². The fraction of sp³-hybridized carbons (Fsp3) is 0.933. The van der Waals surface area contributed by atoms with E-state index in [9.17, 15) is 0 Å². The van der Waals surface area contributed by atoms with Gasteiger partial charge in [-0.2, -0.15) is 0 Å². The third-order valence-electron chi connectivity index (χ3n) is 5.18. The molecule has 1 aliphatic carbocycles. The van der Waals surface area contributed by atoms with Crippen molar-refractivity contribution < 1.29 is 5.21 Å². The summed E-state index contributed by atoms with van der Waals surface area (Å²) in [5.74, 6) is 1.28. The predicted octanol–water partition coefficient (Wildman–Crippen LogP) is 2.80. The van der Waals surface area contributed by atoms with E-state index in [2.05, 4.69) is 23.9 Å². The highest BCUT2D eigenvalue weighted by Crippen LogP contribution is 2.36. The second-order valence-corrected chi connectivity index (χ2v) is 6.91. The molecule has 0 aromatic rings. The molecule has 2 aliphatic rings. The van der Waals surface area contributed by atoms with Gasteiger partial charge in [0, 0.05) is 11.5 Å². The molecule has 1 unspecified atom stereocenters. The predicted molar refractivity (Wildman–Crippen MR) is 78.4 cm³/mol. The van der Waals surface area contributed by atoms with E-state index in [1.165, 1.54) is 45.1 Å². The average Bonchev–Trinajstić information content (AvgIpc) is 3.05. The molecule has 0 amide bonds. The summed E-state index contributed by atoms with van der Waals surface area (Å²) in [6, 6.07) is 0.797. The maximum Gasteiger partial charge on any atom is 0.144 e. The summed E-state index contributed by atoms with van der Waals surface area (Å²) in [6.07, 6.45) is 9.36. The van der Waals surface area contributed by atoms with Gasteiger partial charge in [0.2, 0.25) is 0 Å². The number of likely N-dealkylation sites (tertiary alicyclic amines) is 1. The van der Waals surface area contributed by atoms with Crippen molar-refractivity contribution in [3.63, 3.8) is 0 Å². The number of rotatable bonds is 5. The monoisotopic (exact) mass is 267 g/mol. The van der Waals surface area contributed by atoms with Gasteiger partial charge in [0.15, 0.2) is 0 Å². The van der Waals surface area contributed by atoms with Crippen LogP contribution in [-0.4, -0.2) is 35.1 Å². The van der Waals surface area contributed by atoms with E-state index >= 15 is 0 Å². The molecule has 1 saturated heterocycles. The highest BCUT2D eigenvalue weighted by molar-refractivity contribution is 5.85. The normalized spacial score (nSPS) is 27.3. The van der Waals surface area contributed by atoms with Gasteiger partial charge in [0.25, 0.3) is 0 Å². The van der Waals surface area contributed by atoms with Gasteiger partial charge in [0.1, 0.15) is 5.84 Å². The average molecular weight is 267 g/mol. The molecule has 0 aromatic carbocycles. The summed E-state index contributed by atoms with van der Waals surface area (Å²) in [4.78, 5) is 2.66. The molecule has 0 spiro atoms. The number of amidine groups is 1. The summed E-state index contributed by atoms with van der Waals surface area (Å²) in [5, 5.41) is 12.0. The molecule has 3 N–H and O–H groups in total. The standard InChI is InChI=1S/C15H29N3O/c1-15(2,14(16)17-19)9-11-18-10-5-8-13(18)12-6-3-4-7-12/h12-13,19H,3-11H2,1-2H3,(H2,16,17). The zero-order valence-corrected chi connectivity index (χ0v) is 12.4. The van der Waals surface area contributed by atoms with Crippen molar-refractivity contribution in [1.82, 2.24) is 4.90 Å². The molecule has 0 bridgehead atoms. The number of nitrogens with zero attached hydrogens (tertiary/aromatic N) is 2. The zero-order chi connectivity index (χ0) is 13.9. The molecule has 0 aromatic heterocycles. The van der Waals surface area contributed by atoms with Crippen LogP contribution in [0, 0.1) is 11.3 Å². The largest absolute Gasteiger partial charge is 0.409 e. The topological polar surface area (TPSA) is 61.8 Å². The van der Waals surface area contributed by atoms with Crippen LogP contribution in [0.2, 0.25) is 0 Å². The minimum absolute atomic E-state index is 0.211. The van der Waals surface area contributed by atoms with Crippen molar-refractivity contribution in [1.29, 1.82) is 0 Å². The Bertz CT molecular complexity index is 321. The fourth-order valence-electron chi connectivity index (χ4n) is 3.69. The molecule has 2 fully saturated rings. The van der Waals surface area contributed by atoms with Crippen LogP contribution >= 0.6 is 0 Å². The molecule has 19 heavy (non-hydrogen) atoms. The lowest BCUT2D eigenvalue weighted by Gasteiger charge is -2.32. The summed E-state index contributed by atoms with van der Waals surface area (Å²) in [5.41, 5.74) is 5.56. The second kappa shape index (κ2) is 6.12. The molecule has 2 rings (SSSR count). The quantitative estimate of drug-likeness (QED) is 0.348. The van der Waals surface area contributed by atoms with Gasteiger partial charge in [0.05, 0.1) is 0 Å². The number of oxime groups is 1. The van der Waals surface area contributed by atoms with E-state index < -0.39 is 0 Å². The molecule has 1 heterocycles. The van der Waals surface area contributed by atoms with Crippen LogP contribution in [0.5, 0.6) is 0 Å². The Hall–Kier alpha value is -0.770. The van der Waals surface area contributed by atoms with Crippen molar-refractivity contribution in [3.05, 3.63) is 0 Å². The van der Waals surface area contributed by atoms with Crippen LogP contribution in [0.4, 0.5) is 0 Å². The second-order valence-electron chi connectivity index (χ2n) is 6.91. The van der Waals surface area contributed by atoms with Crippen molar-refractivity contribution in [2.24, 2.45) is 22.2 Å². The molecular formula is C15H29N3O. The maximum atomic E-state index is 8.84. The summed E-state index contributed by atoms with van der Waals surface area (Å²) < 4.78 is 0. The van der Waals surface area contributed by atoms with Gasteiger partial charge >= 0.3 is 0 Å². The lowest BCUT2D eigenvalue weighted by atomic mass is 9.87. The van der Waals surface area contributed by atoms with Crippen LogP contribution in [0.25, 0.3) is 0 Å². The maximum absolute atomic E-state index is 8.84. The third kappa shape index (κ3) is 3.41. The summed E-state index contributed by atoms with van der Waals surface area (Å²) in [7, 11) is 0. The first-order valence-corrected chi connectivity index (χ1v) is 7.76. The van der Waals surface area contributed by atoms with Crippen LogP contribution in [0.3, 0.4) is 0 Å². The van der Waals surface area contributed by atoms with Gasteiger partial charge in [-0.05, 0) is 51.1 Å². The molecule has 110 valence electrons.